The lowest BCUT2D eigenvalue weighted by Gasteiger charge is -2.39. The SMILES string of the molecule is C=CC(=O)N1CCN(c2cn3ccccc3n2)C(=O)C1Cc1ccccc1C. The average molecular weight is 374 g/mol. The highest BCUT2D eigenvalue weighted by Crippen LogP contribution is 2.23. The minimum absolute atomic E-state index is 0.117. The Morgan fingerprint density at radius 3 is 2.75 bits per heavy atom. The highest BCUT2D eigenvalue weighted by Gasteiger charge is 2.38. The molecule has 1 unspecified atom stereocenters. The Balaban J connectivity index is 1.68. The topological polar surface area (TPSA) is 57.9 Å². The van der Waals surface area contributed by atoms with Crippen LogP contribution in [0.15, 0.2) is 67.5 Å². The van der Waals surface area contributed by atoms with E-state index >= 15 is 0 Å². The number of benzene rings is 1. The summed E-state index contributed by atoms with van der Waals surface area (Å²) in [6, 6.07) is 13.1. The summed E-state index contributed by atoms with van der Waals surface area (Å²) in [6.07, 6.45) is 5.50. The minimum atomic E-state index is -0.579. The van der Waals surface area contributed by atoms with Crippen LogP contribution in [-0.2, 0) is 16.0 Å². The van der Waals surface area contributed by atoms with Gasteiger partial charge in [-0.3, -0.25) is 14.5 Å². The summed E-state index contributed by atoms with van der Waals surface area (Å²) in [6.45, 7) is 6.46. The maximum atomic E-state index is 13.4. The van der Waals surface area contributed by atoms with E-state index in [1.165, 1.54) is 6.08 Å². The van der Waals surface area contributed by atoms with Crippen LogP contribution in [0.3, 0.4) is 0 Å². The highest BCUT2D eigenvalue weighted by atomic mass is 16.2. The third kappa shape index (κ3) is 3.17. The summed E-state index contributed by atoms with van der Waals surface area (Å²) < 4.78 is 1.89. The molecule has 0 N–H and O–H groups in total. The number of aromatic nitrogens is 2. The summed E-state index contributed by atoms with van der Waals surface area (Å²) in [4.78, 5) is 33.7. The lowest BCUT2D eigenvalue weighted by atomic mass is 9.97. The summed E-state index contributed by atoms with van der Waals surface area (Å²) in [5.41, 5.74) is 2.94. The third-order valence-corrected chi connectivity index (χ3v) is 5.25. The molecule has 2 aromatic heterocycles. The van der Waals surface area contributed by atoms with Crippen LogP contribution in [0.5, 0.6) is 0 Å². The first-order valence-electron chi connectivity index (χ1n) is 9.31. The van der Waals surface area contributed by atoms with Crippen molar-refractivity contribution in [1.29, 1.82) is 0 Å². The quantitative estimate of drug-likeness (QED) is 0.660. The molecule has 6 heteroatoms. The van der Waals surface area contributed by atoms with Gasteiger partial charge in [0, 0.05) is 25.7 Å². The van der Waals surface area contributed by atoms with Crippen LogP contribution < -0.4 is 4.90 Å². The number of hydrogen-bond acceptors (Lipinski definition) is 3. The first kappa shape index (κ1) is 18.0. The van der Waals surface area contributed by atoms with Gasteiger partial charge in [0.25, 0.3) is 5.91 Å². The molecule has 0 radical (unpaired) electrons. The number of carbonyl (C=O) groups is 2. The van der Waals surface area contributed by atoms with Gasteiger partial charge in [0.05, 0.1) is 6.20 Å². The molecular formula is C22H22N4O2. The number of fused-ring (bicyclic) bond motifs is 1. The summed E-state index contributed by atoms with van der Waals surface area (Å²) in [5.74, 6) is 0.270. The Bertz CT molecular complexity index is 1020. The van der Waals surface area contributed by atoms with Gasteiger partial charge in [0.15, 0.2) is 5.82 Å². The van der Waals surface area contributed by atoms with E-state index in [2.05, 4.69) is 11.6 Å². The average Bonchev–Trinajstić information content (AvgIpc) is 3.14. The number of imidazole rings is 1. The van der Waals surface area contributed by atoms with E-state index in [0.29, 0.717) is 25.3 Å². The molecule has 3 aromatic rings. The number of anilines is 1. The first-order chi connectivity index (χ1) is 13.6. The zero-order valence-corrected chi connectivity index (χ0v) is 15.8. The molecule has 0 bridgehead atoms. The largest absolute Gasteiger partial charge is 0.325 e. The normalized spacial score (nSPS) is 17.2. The second-order valence-corrected chi connectivity index (χ2v) is 6.94. The van der Waals surface area contributed by atoms with Crippen LogP contribution in [0, 0.1) is 6.92 Å². The van der Waals surface area contributed by atoms with Gasteiger partial charge in [0.1, 0.15) is 11.7 Å². The highest BCUT2D eigenvalue weighted by molar-refractivity contribution is 6.01. The summed E-state index contributed by atoms with van der Waals surface area (Å²) in [7, 11) is 0. The van der Waals surface area contributed by atoms with Crippen molar-refractivity contribution in [2.24, 2.45) is 0 Å². The number of hydrogen-bond donors (Lipinski definition) is 0. The molecule has 2 amide bonds. The zero-order chi connectivity index (χ0) is 19.7. The molecule has 0 aliphatic carbocycles. The third-order valence-electron chi connectivity index (χ3n) is 5.25. The lowest BCUT2D eigenvalue weighted by Crippen LogP contribution is -2.59. The molecule has 4 rings (SSSR count). The molecule has 1 aliphatic rings. The Morgan fingerprint density at radius 1 is 1.21 bits per heavy atom. The first-order valence-corrected chi connectivity index (χ1v) is 9.31. The van der Waals surface area contributed by atoms with Crippen LogP contribution in [0.4, 0.5) is 5.82 Å². The van der Waals surface area contributed by atoms with Gasteiger partial charge in [-0.15, -0.1) is 0 Å². The monoisotopic (exact) mass is 374 g/mol. The second-order valence-electron chi connectivity index (χ2n) is 6.94. The number of piperazine rings is 1. The second kappa shape index (κ2) is 7.31. The maximum Gasteiger partial charge on any atom is 0.251 e. The Kier molecular flexibility index (Phi) is 4.69. The fourth-order valence-corrected chi connectivity index (χ4v) is 3.69. The number of rotatable bonds is 4. The van der Waals surface area contributed by atoms with Gasteiger partial charge in [-0.25, -0.2) is 4.98 Å². The van der Waals surface area contributed by atoms with Crippen LogP contribution >= 0.6 is 0 Å². The molecule has 1 aliphatic heterocycles. The van der Waals surface area contributed by atoms with Crippen LogP contribution in [0.1, 0.15) is 11.1 Å². The van der Waals surface area contributed by atoms with Gasteiger partial charge < -0.3 is 9.30 Å². The van der Waals surface area contributed by atoms with Crippen molar-refractivity contribution in [1.82, 2.24) is 14.3 Å². The van der Waals surface area contributed by atoms with Gasteiger partial charge in [-0.1, -0.05) is 36.9 Å². The number of nitrogens with zero attached hydrogens (tertiary/aromatic N) is 4. The molecule has 1 saturated heterocycles. The molecule has 0 spiro atoms. The van der Waals surface area contributed by atoms with Crippen LogP contribution in [0.2, 0.25) is 0 Å². The van der Waals surface area contributed by atoms with Crippen LogP contribution in [-0.4, -0.2) is 45.2 Å². The van der Waals surface area contributed by atoms with E-state index in [4.69, 9.17) is 0 Å². The van der Waals surface area contributed by atoms with Crippen molar-refractivity contribution in [2.45, 2.75) is 19.4 Å². The molecule has 142 valence electrons. The molecular weight excluding hydrogens is 352 g/mol. The van der Waals surface area contributed by atoms with Crippen molar-refractivity contribution in [3.05, 3.63) is 78.6 Å². The van der Waals surface area contributed by atoms with Crippen molar-refractivity contribution >= 4 is 23.3 Å². The molecule has 1 aromatic carbocycles. The van der Waals surface area contributed by atoms with Gasteiger partial charge in [-0.2, -0.15) is 0 Å². The molecule has 6 nitrogen and oxygen atoms in total. The van der Waals surface area contributed by atoms with Crippen molar-refractivity contribution in [3.63, 3.8) is 0 Å². The van der Waals surface area contributed by atoms with Crippen molar-refractivity contribution < 1.29 is 9.59 Å². The standard InChI is InChI=1S/C22H22N4O2/c1-3-21(27)25-12-13-26(20-15-24-11-7-6-10-19(24)23-20)22(28)18(25)14-17-9-5-4-8-16(17)2/h3-11,15,18H,1,12-14H2,2H3. The van der Waals surface area contributed by atoms with E-state index in [9.17, 15) is 9.59 Å². The number of aryl methyl sites for hydroxylation is 1. The fourth-order valence-electron chi connectivity index (χ4n) is 3.69. The molecule has 1 atom stereocenters. The van der Waals surface area contributed by atoms with E-state index in [1.807, 2.05) is 66.2 Å². The minimum Gasteiger partial charge on any atom is -0.325 e. The summed E-state index contributed by atoms with van der Waals surface area (Å²) >= 11 is 0. The molecule has 28 heavy (non-hydrogen) atoms. The molecule has 3 heterocycles. The fraction of sp³-hybridized carbons (Fsp3) is 0.227. The summed E-state index contributed by atoms with van der Waals surface area (Å²) in [5, 5.41) is 0. The Labute approximate surface area is 163 Å². The molecule has 1 fully saturated rings. The van der Waals surface area contributed by atoms with E-state index in [0.717, 1.165) is 16.8 Å². The number of pyridine rings is 1. The van der Waals surface area contributed by atoms with Crippen LogP contribution in [0.25, 0.3) is 5.65 Å². The van der Waals surface area contributed by atoms with Gasteiger partial charge in [-0.05, 0) is 36.3 Å². The lowest BCUT2D eigenvalue weighted by molar-refractivity contribution is -0.138. The predicted octanol–water partition coefficient (Wildman–Crippen LogP) is 2.62. The van der Waals surface area contributed by atoms with Gasteiger partial charge >= 0.3 is 0 Å². The Hall–Kier alpha value is -3.41. The van der Waals surface area contributed by atoms with E-state index < -0.39 is 6.04 Å². The molecule has 0 saturated carbocycles. The smallest absolute Gasteiger partial charge is 0.251 e. The number of amides is 2. The van der Waals surface area contributed by atoms with Gasteiger partial charge in [0.2, 0.25) is 5.91 Å². The maximum absolute atomic E-state index is 13.4. The van der Waals surface area contributed by atoms with E-state index in [-0.39, 0.29) is 11.8 Å². The van der Waals surface area contributed by atoms with Crippen molar-refractivity contribution in [3.8, 4) is 0 Å². The Morgan fingerprint density at radius 2 is 2.00 bits per heavy atom. The predicted molar refractivity (Wildman–Crippen MR) is 108 cm³/mol. The zero-order valence-electron chi connectivity index (χ0n) is 15.8. The van der Waals surface area contributed by atoms with E-state index in [1.54, 1.807) is 9.80 Å². The number of carbonyl (C=O) groups excluding carboxylic acids is 2. The van der Waals surface area contributed by atoms with Crippen molar-refractivity contribution in [2.75, 3.05) is 18.0 Å².